The van der Waals surface area contributed by atoms with Crippen molar-refractivity contribution in [3.8, 4) is 0 Å². The molecule has 0 bridgehead atoms. The third-order valence-electron chi connectivity index (χ3n) is 2.79. The molecule has 0 radical (unpaired) electrons. The number of carbonyl (C=O) groups excluding carboxylic acids is 2. The fourth-order valence-corrected chi connectivity index (χ4v) is 2.79. The van der Waals surface area contributed by atoms with Crippen molar-refractivity contribution in [3.05, 3.63) is 35.7 Å². The molecule has 8 heteroatoms. The minimum absolute atomic E-state index is 0.140. The van der Waals surface area contributed by atoms with Gasteiger partial charge < -0.3 is 9.84 Å². The summed E-state index contributed by atoms with van der Waals surface area (Å²) in [4.78, 5) is 27.4. The Balaban J connectivity index is 1.82. The first-order valence-corrected chi connectivity index (χ1v) is 7.26. The fourth-order valence-electron chi connectivity index (χ4n) is 1.89. The second kappa shape index (κ2) is 5.57. The smallest absolute Gasteiger partial charge is 0.279 e. The summed E-state index contributed by atoms with van der Waals surface area (Å²) in [5, 5.41) is 9.50. The van der Waals surface area contributed by atoms with E-state index < -0.39 is 0 Å². The zero-order valence-corrected chi connectivity index (χ0v) is 12.7. The summed E-state index contributed by atoms with van der Waals surface area (Å²) in [6, 6.07) is 6.91. The van der Waals surface area contributed by atoms with Gasteiger partial charge in [-0.3, -0.25) is 14.9 Å². The highest BCUT2D eigenvalue weighted by Crippen LogP contribution is 2.28. The Bertz CT molecular complexity index is 868. The summed E-state index contributed by atoms with van der Waals surface area (Å²) in [7, 11) is 0. The van der Waals surface area contributed by atoms with E-state index in [1.54, 1.807) is 25.1 Å². The maximum Gasteiger partial charge on any atom is 0.279 e. The van der Waals surface area contributed by atoms with E-state index in [2.05, 4.69) is 20.8 Å². The van der Waals surface area contributed by atoms with Gasteiger partial charge in [-0.2, -0.15) is 0 Å². The molecule has 112 valence electrons. The second-order valence-electron chi connectivity index (χ2n) is 4.66. The van der Waals surface area contributed by atoms with Crippen LogP contribution in [0.3, 0.4) is 0 Å². The molecule has 2 amide bonds. The van der Waals surface area contributed by atoms with E-state index in [1.165, 1.54) is 18.3 Å². The lowest BCUT2D eigenvalue weighted by atomic mass is 10.3. The van der Waals surface area contributed by atoms with Crippen molar-refractivity contribution < 1.29 is 14.1 Å². The van der Waals surface area contributed by atoms with Gasteiger partial charge in [0.25, 0.3) is 5.91 Å². The number of nitrogens with zero attached hydrogens (tertiary/aromatic N) is 2. The molecule has 0 saturated carbocycles. The van der Waals surface area contributed by atoms with Gasteiger partial charge in [-0.1, -0.05) is 16.5 Å². The highest BCUT2D eigenvalue weighted by molar-refractivity contribution is 7.22. The number of anilines is 2. The van der Waals surface area contributed by atoms with E-state index in [4.69, 9.17) is 4.52 Å². The highest BCUT2D eigenvalue weighted by atomic mass is 32.1. The van der Waals surface area contributed by atoms with Crippen molar-refractivity contribution in [2.75, 3.05) is 10.6 Å². The summed E-state index contributed by atoms with van der Waals surface area (Å²) in [5.41, 5.74) is 1.63. The number of hydrogen-bond donors (Lipinski definition) is 2. The number of carbonyl (C=O) groups is 2. The second-order valence-corrected chi connectivity index (χ2v) is 5.69. The van der Waals surface area contributed by atoms with Gasteiger partial charge in [0.15, 0.2) is 10.8 Å². The van der Waals surface area contributed by atoms with Crippen LogP contribution in [0, 0.1) is 6.92 Å². The average Bonchev–Trinajstić information content (AvgIpc) is 3.03. The summed E-state index contributed by atoms with van der Waals surface area (Å²) in [6.45, 7) is 3.16. The van der Waals surface area contributed by atoms with Crippen LogP contribution in [0.15, 0.2) is 28.8 Å². The SMILES string of the molecule is CC(=O)Nc1ccc2nc(NC(=O)c3cc(C)on3)sc2c1. The molecule has 7 nitrogen and oxygen atoms in total. The van der Waals surface area contributed by atoms with Crippen LogP contribution in [-0.2, 0) is 4.79 Å². The number of rotatable bonds is 3. The topological polar surface area (TPSA) is 97.1 Å². The lowest BCUT2D eigenvalue weighted by molar-refractivity contribution is -0.114. The van der Waals surface area contributed by atoms with E-state index >= 15 is 0 Å². The van der Waals surface area contributed by atoms with Crippen LogP contribution in [0.2, 0.25) is 0 Å². The highest BCUT2D eigenvalue weighted by Gasteiger charge is 2.13. The van der Waals surface area contributed by atoms with E-state index in [0.717, 1.165) is 10.2 Å². The average molecular weight is 316 g/mol. The van der Waals surface area contributed by atoms with Gasteiger partial charge in [0, 0.05) is 18.7 Å². The Morgan fingerprint density at radius 2 is 2.05 bits per heavy atom. The Hall–Kier alpha value is -2.74. The zero-order valence-electron chi connectivity index (χ0n) is 11.8. The van der Waals surface area contributed by atoms with Crippen molar-refractivity contribution in [3.63, 3.8) is 0 Å². The molecule has 1 aromatic carbocycles. The first kappa shape index (κ1) is 14.2. The van der Waals surface area contributed by atoms with E-state index in [-0.39, 0.29) is 17.5 Å². The molecule has 0 unspecified atom stereocenters. The molecule has 0 atom stereocenters. The summed E-state index contributed by atoms with van der Waals surface area (Å²) in [5.74, 6) is 0.0474. The van der Waals surface area contributed by atoms with Gasteiger partial charge in [-0.05, 0) is 25.1 Å². The number of aromatic nitrogens is 2. The summed E-state index contributed by atoms with van der Waals surface area (Å²) in [6.07, 6.45) is 0. The van der Waals surface area contributed by atoms with Crippen molar-refractivity contribution in [1.29, 1.82) is 0 Å². The predicted octanol–water partition coefficient (Wildman–Crippen LogP) is 2.80. The number of fused-ring (bicyclic) bond motifs is 1. The van der Waals surface area contributed by atoms with E-state index in [9.17, 15) is 9.59 Å². The molecule has 3 rings (SSSR count). The molecule has 2 aromatic heterocycles. The van der Waals surface area contributed by atoms with Crippen LogP contribution < -0.4 is 10.6 Å². The van der Waals surface area contributed by atoms with E-state index in [0.29, 0.717) is 16.6 Å². The fraction of sp³-hybridized carbons (Fsp3) is 0.143. The van der Waals surface area contributed by atoms with Crippen LogP contribution in [0.25, 0.3) is 10.2 Å². The minimum Gasteiger partial charge on any atom is -0.361 e. The number of hydrogen-bond acceptors (Lipinski definition) is 6. The van der Waals surface area contributed by atoms with Crippen LogP contribution in [-0.4, -0.2) is 22.0 Å². The number of amides is 2. The Labute approximate surface area is 129 Å². The normalized spacial score (nSPS) is 10.6. The molecule has 2 heterocycles. The van der Waals surface area contributed by atoms with Gasteiger partial charge in [0.05, 0.1) is 10.2 Å². The molecular weight excluding hydrogens is 304 g/mol. The van der Waals surface area contributed by atoms with Gasteiger partial charge in [0.2, 0.25) is 5.91 Å². The first-order chi connectivity index (χ1) is 10.5. The standard InChI is InChI=1S/C14H12N4O3S/c1-7-5-11(18-21-7)13(20)17-14-16-10-4-3-9(15-8(2)19)6-12(10)22-14/h3-6H,1-2H3,(H,15,19)(H,16,17,20). The molecule has 0 saturated heterocycles. The minimum atomic E-state index is -0.377. The Morgan fingerprint density at radius 1 is 1.23 bits per heavy atom. The molecule has 0 aliphatic heterocycles. The molecule has 3 aromatic rings. The maximum absolute atomic E-state index is 12.0. The quantitative estimate of drug-likeness (QED) is 0.774. The van der Waals surface area contributed by atoms with Gasteiger partial charge in [0.1, 0.15) is 5.76 Å². The summed E-state index contributed by atoms with van der Waals surface area (Å²) >= 11 is 1.32. The summed E-state index contributed by atoms with van der Waals surface area (Å²) < 4.78 is 5.73. The number of aryl methyl sites for hydroxylation is 1. The van der Waals surface area contributed by atoms with Crippen molar-refractivity contribution >= 4 is 44.2 Å². The molecule has 0 fully saturated rings. The molecular formula is C14H12N4O3S. The third-order valence-corrected chi connectivity index (χ3v) is 3.72. The molecule has 22 heavy (non-hydrogen) atoms. The molecule has 0 spiro atoms. The monoisotopic (exact) mass is 316 g/mol. The molecule has 0 aliphatic rings. The van der Waals surface area contributed by atoms with Crippen molar-refractivity contribution in [2.24, 2.45) is 0 Å². The Kier molecular flexibility index (Phi) is 3.60. The number of benzene rings is 1. The third kappa shape index (κ3) is 2.96. The van der Waals surface area contributed by atoms with Crippen LogP contribution in [0.5, 0.6) is 0 Å². The first-order valence-electron chi connectivity index (χ1n) is 6.44. The zero-order chi connectivity index (χ0) is 15.7. The largest absolute Gasteiger partial charge is 0.361 e. The Morgan fingerprint density at radius 3 is 2.73 bits per heavy atom. The van der Waals surface area contributed by atoms with Gasteiger partial charge in [-0.15, -0.1) is 0 Å². The van der Waals surface area contributed by atoms with Crippen molar-refractivity contribution in [1.82, 2.24) is 10.1 Å². The lowest BCUT2D eigenvalue weighted by Crippen LogP contribution is -2.11. The van der Waals surface area contributed by atoms with Gasteiger partial charge >= 0.3 is 0 Å². The van der Waals surface area contributed by atoms with E-state index in [1.807, 2.05) is 6.07 Å². The predicted molar refractivity (Wildman–Crippen MR) is 83.1 cm³/mol. The lowest BCUT2D eigenvalue weighted by Gasteiger charge is -1.99. The van der Waals surface area contributed by atoms with Gasteiger partial charge in [-0.25, -0.2) is 4.98 Å². The van der Waals surface area contributed by atoms with Crippen LogP contribution in [0.1, 0.15) is 23.2 Å². The van der Waals surface area contributed by atoms with Crippen molar-refractivity contribution in [2.45, 2.75) is 13.8 Å². The molecule has 2 N–H and O–H groups in total. The number of thiazole rings is 1. The van der Waals surface area contributed by atoms with Crippen LogP contribution in [0.4, 0.5) is 10.8 Å². The maximum atomic E-state index is 12.0. The van der Waals surface area contributed by atoms with Crippen LogP contribution >= 0.6 is 11.3 Å². The molecule has 0 aliphatic carbocycles. The number of nitrogens with one attached hydrogen (secondary N) is 2.